The Hall–Kier alpha value is -3.05. The lowest BCUT2D eigenvalue weighted by Crippen LogP contribution is -2.72. The van der Waals surface area contributed by atoms with E-state index in [-0.39, 0.29) is 29.6 Å². The summed E-state index contributed by atoms with van der Waals surface area (Å²) in [7, 11) is 0. The molecule has 3 heterocycles. The molecule has 6 rings (SSSR count). The number of amides is 1. The molecule has 3 aliphatic rings. The van der Waals surface area contributed by atoms with E-state index in [0.29, 0.717) is 24.6 Å². The molecule has 0 radical (unpaired) electrons. The van der Waals surface area contributed by atoms with E-state index in [0.717, 1.165) is 11.1 Å². The van der Waals surface area contributed by atoms with Gasteiger partial charge in [-0.3, -0.25) is 4.79 Å². The van der Waals surface area contributed by atoms with Gasteiger partial charge in [-0.2, -0.15) is 0 Å². The fraction of sp³-hybridized carbons (Fsp3) is 0.208. The Morgan fingerprint density at radius 1 is 0.759 bits per heavy atom. The van der Waals surface area contributed by atoms with Crippen molar-refractivity contribution >= 4 is 5.91 Å². The molecule has 1 N–H and O–H groups in total. The van der Waals surface area contributed by atoms with Crippen molar-refractivity contribution in [3.05, 3.63) is 95.6 Å². The average molecular weight is 390 g/mol. The zero-order valence-electron chi connectivity index (χ0n) is 15.7. The number of nitrogens with zero attached hydrogens (tertiary/aromatic N) is 1. The number of piperazine rings is 1. The minimum absolute atomic E-state index is 0.0494. The largest absolute Gasteiger partial charge is 0.335 e. The number of carbonyl (C=O) groups is 1. The molecule has 3 atom stereocenters. The molecule has 0 saturated carbocycles. The maximum absolute atomic E-state index is 13.1. The van der Waals surface area contributed by atoms with Gasteiger partial charge >= 0.3 is 0 Å². The minimum atomic E-state index is -0.339. The van der Waals surface area contributed by atoms with Gasteiger partial charge in [0.2, 0.25) is 0 Å². The zero-order valence-corrected chi connectivity index (χ0v) is 15.7. The SMILES string of the molecule is O=C(c1ccc(F)cc1)N1C[C@@H]2N[C@H](C1)C2c1ccc(-c2ccc(F)cc2)cc1. The first kappa shape index (κ1) is 18.0. The second kappa shape index (κ2) is 7.08. The molecule has 3 aliphatic heterocycles. The van der Waals surface area contributed by atoms with E-state index in [1.165, 1.54) is 42.0 Å². The highest BCUT2D eigenvalue weighted by molar-refractivity contribution is 5.94. The van der Waals surface area contributed by atoms with Crippen LogP contribution in [0.1, 0.15) is 21.8 Å². The van der Waals surface area contributed by atoms with E-state index in [4.69, 9.17) is 0 Å². The van der Waals surface area contributed by atoms with E-state index in [1.54, 1.807) is 12.1 Å². The van der Waals surface area contributed by atoms with E-state index in [1.807, 2.05) is 4.90 Å². The van der Waals surface area contributed by atoms with Gasteiger partial charge < -0.3 is 10.2 Å². The van der Waals surface area contributed by atoms with Crippen LogP contribution in [-0.4, -0.2) is 36.0 Å². The third kappa shape index (κ3) is 3.32. The summed E-state index contributed by atoms with van der Waals surface area (Å²) >= 11 is 0. The lowest BCUT2D eigenvalue weighted by molar-refractivity contribution is 0.0367. The van der Waals surface area contributed by atoms with Gasteiger partial charge in [0.05, 0.1) is 0 Å². The standard InChI is InChI=1S/C24H20F2N2O/c25-19-9-5-16(6-10-19)15-1-3-17(4-2-15)23-21-13-28(14-22(23)27-21)24(29)18-7-11-20(26)12-8-18/h1-12,21-23,27H,13-14H2/t21-,22+,23?. The van der Waals surface area contributed by atoms with Crippen LogP contribution in [0.4, 0.5) is 8.78 Å². The van der Waals surface area contributed by atoms with Crippen LogP contribution in [0, 0.1) is 11.6 Å². The van der Waals surface area contributed by atoms with E-state index in [2.05, 4.69) is 29.6 Å². The molecule has 0 aliphatic carbocycles. The van der Waals surface area contributed by atoms with E-state index >= 15 is 0 Å². The molecule has 2 bridgehead atoms. The summed E-state index contributed by atoms with van der Waals surface area (Å²) in [6.07, 6.45) is 0. The predicted molar refractivity (Wildman–Crippen MR) is 108 cm³/mol. The van der Waals surface area contributed by atoms with Crippen LogP contribution in [0.25, 0.3) is 11.1 Å². The number of hydrogen-bond acceptors (Lipinski definition) is 2. The molecular formula is C24H20F2N2O. The normalized spacial score (nSPS) is 22.8. The number of carbonyl (C=O) groups excluding carboxylic acids is 1. The number of hydrogen-bond donors (Lipinski definition) is 1. The number of benzene rings is 3. The quantitative estimate of drug-likeness (QED) is 0.727. The third-order valence-corrected chi connectivity index (χ3v) is 5.98. The van der Waals surface area contributed by atoms with Crippen molar-refractivity contribution in [1.82, 2.24) is 10.2 Å². The monoisotopic (exact) mass is 390 g/mol. The van der Waals surface area contributed by atoms with Gasteiger partial charge in [-0.1, -0.05) is 36.4 Å². The van der Waals surface area contributed by atoms with Gasteiger partial charge in [0.15, 0.2) is 0 Å². The summed E-state index contributed by atoms with van der Waals surface area (Å²) in [4.78, 5) is 14.5. The Morgan fingerprint density at radius 3 is 1.79 bits per heavy atom. The number of rotatable bonds is 3. The van der Waals surface area contributed by atoms with Crippen LogP contribution in [-0.2, 0) is 0 Å². The Morgan fingerprint density at radius 2 is 1.24 bits per heavy atom. The summed E-state index contributed by atoms with van der Waals surface area (Å²) in [5.74, 6) is -0.256. The molecular weight excluding hydrogens is 370 g/mol. The summed E-state index contributed by atoms with van der Waals surface area (Å²) in [6, 6.07) is 21.0. The lowest BCUT2D eigenvalue weighted by atomic mass is 9.74. The Kier molecular flexibility index (Phi) is 4.40. The number of fused-ring (bicyclic) bond motifs is 2. The second-order valence-corrected chi connectivity index (χ2v) is 7.75. The van der Waals surface area contributed by atoms with Crippen molar-refractivity contribution in [1.29, 1.82) is 0 Å². The molecule has 3 nitrogen and oxygen atoms in total. The molecule has 0 aromatic heterocycles. The van der Waals surface area contributed by atoms with E-state index < -0.39 is 0 Å². The Balaban J connectivity index is 1.28. The van der Waals surface area contributed by atoms with Crippen molar-refractivity contribution < 1.29 is 13.6 Å². The molecule has 3 aromatic rings. The highest BCUT2D eigenvalue weighted by Crippen LogP contribution is 2.38. The predicted octanol–water partition coefficient (Wildman–Crippen LogP) is 4.21. The number of nitrogens with one attached hydrogen (secondary N) is 1. The van der Waals surface area contributed by atoms with Gasteiger partial charge in [-0.05, 0) is 53.1 Å². The van der Waals surface area contributed by atoms with Crippen molar-refractivity contribution in [3.63, 3.8) is 0 Å². The molecule has 3 saturated heterocycles. The number of halogens is 2. The third-order valence-electron chi connectivity index (χ3n) is 5.98. The van der Waals surface area contributed by atoms with E-state index in [9.17, 15) is 13.6 Å². The van der Waals surface area contributed by atoms with Crippen LogP contribution in [0.15, 0.2) is 72.8 Å². The van der Waals surface area contributed by atoms with Gasteiger partial charge in [0.1, 0.15) is 11.6 Å². The summed E-state index contributed by atoms with van der Waals surface area (Å²) in [5.41, 5.74) is 3.81. The van der Waals surface area contributed by atoms with Crippen molar-refractivity contribution in [2.45, 2.75) is 18.0 Å². The molecule has 1 amide bonds. The topological polar surface area (TPSA) is 32.3 Å². The summed E-state index contributed by atoms with van der Waals surface area (Å²) in [5, 5.41) is 3.53. The Labute approximate surface area is 168 Å². The van der Waals surface area contributed by atoms with Crippen LogP contribution >= 0.6 is 0 Å². The van der Waals surface area contributed by atoms with Crippen LogP contribution in [0.5, 0.6) is 0 Å². The highest BCUT2D eigenvalue weighted by Gasteiger charge is 2.48. The van der Waals surface area contributed by atoms with Crippen LogP contribution in [0.3, 0.4) is 0 Å². The van der Waals surface area contributed by atoms with Gasteiger partial charge in [0.25, 0.3) is 5.91 Å². The maximum Gasteiger partial charge on any atom is 0.253 e. The molecule has 3 aromatic carbocycles. The molecule has 1 unspecified atom stereocenters. The lowest BCUT2D eigenvalue weighted by Gasteiger charge is -2.54. The molecule has 29 heavy (non-hydrogen) atoms. The van der Waals surface area contributed by atoms with Gasteiger partial charge in [-0.15, -0.1) is 0 Å². The maximum atomic E-state index is 13.1. The first-order chi connectivity index (χ1) is 14.1. The average Bonchev–Trinajstić information content (AvgIpc) is 2.75. The zero-order chi connectivity index (χ0) is 20.0. The fourth-order valence-electron chi connectivity index (χ4n) is 4.47. The van der Waals surface area contributed by atoms with Crippen molar-refractivity contribution in [2.75, 3.05) is 13.1 Å². The smallest absolute Gasteiger partial charge is 0.253 e. The molecule has 5 heteroatoms. The molecule has 3 fully saturated rings. The summed E-state index contributed by atoms with van der Waals surface area (Å²) < 4.78 is 26.2. The van der Waals surface area contributed by atoms with Crippen molar-refractivity contribution in [3.8, 4) is 11.1 Å². The fourth-order valence-corrected chi connectivity index (χ4v) is 4.47. The van der Waals surface area contributed by atoms with Crippen molar-refractivity contribution in [2.24, 2.45) is 0 Å². The first-order valence-electron chi connectivity index (χ1n) is 9.75. The van der Waals surface area contributed by atoms with Gasteiger partial charge in [0, 0.05) is 36.7 Å². The number of piperidine rings is 1. The minimum Gasteiger partial charge on any atom is -0.335 e. The molecule has 0 spiro atoms. The van der Waals surface area contributed by atoms with Crippen LogP contribution in [0.2, 0.25) is 0 Å². The van der Waals surface area contributed by atoms with Gasteiger partial charge in [-0.25, -0.2) is 8.78 Å². The second-order valence-electron chi connectivity index (χ2n) is 7.75. The van der Waals surface area contributed by atoms with Crippen LogP contribution < -0.4 is 5.32 Å². The first-order valence-corrected chi connectivity index (χ1v) is 9.75. The highest BCUT2D eigenvalue weighted by atomic mass is 19.1. The molecule has 146 valence electrons. The Bertz CT molecular complexity index is 1020. The summed E-state index contributed by atoms with van der Waals surface area (Å²) in [6.45, 7) is 1.27.